The van der Waals surface area contributed by atoms with Crippen LogP contribution in [0.15, 0.2) is 0 Å². The van der Waals surface area contributed by atoms with E-state index in [-0.39, 0.29) is 17.1 Å². The molecule has 0 rings (SSSR count). The van der Waals surface area contributed by atoms with Gasteiger partial charge >= 0.3 is 36.8 Å². The molecule has 0 aromatic heterocycles. The zero-order valence-electron chi connectivity index (χ0n) is 3.64. The van der Waals surface area contributed by atoms with Crippen LogP contribution < -0.4 is 10.2 Å². The summed E-state index contributed by atoms with van der Waals surface area (Å²) in [6.07, 6.45) is 0. The predicted molar refractivity (Wildman–Crippen MR) is 10.7 cm³/mol. The summed E-state index contributed by atoms with van der Waals surface area (Å²) in [4.78, 5) is 17.9. The minimum absolute atomic E-state index is 0. The van der Waals surface area contributed by atoms with Gasteiger partial charge in [-0.05, 0) is 0 Å². The Morgan fingerprint density at radius 1 is 1.00 bits per heavy atom. The van der Waals surface area contributed by atoms with Gasteiger partial charge < -0.3 is 19.8 Å². The molecule has 0 bridgehead atoms. The van der Waals surface area contributed by atoms with Crippen LogP contribution in [0.5, 0.6) is 0 Å². The zero-order chi connectivity index (χ0) is 7.15. The van der Waals surface area contributed by atoms with Crippen molar-refractivity contribution in [3.05, 3.63) is 0 Å². The molecule has 0 N–H and O–H groups in total. The molecule has 0 atom stereocenters. The monoisotopic (exact) mass is 230 g/mol. The number of carboxylic acids is 2. The Morgan fingerprint density at radius 2 is 1.11 bits per heavy atom. The first-order valence-corrected chi connectivity index (χ1v) is 1.57. The van der Waals surface area contributed by atoms with Gasteiger partial charge in [-0.2, -0.15) is 0 Å². The Bertz CT molecular complexity index is 89.1. The molecular weight excluding hydrogens is 231 g/mol. The quantitative estimate of drug-likeness (QED) is 0.316. The van der Waals surface area contributed by atoms with Crippen molar-refractivity contribution in [2.24, 2.45) is 0 Å². The van der Waals surface area contributed by atoms with E-state index in [0.717, 1.165) is 0 Å². The van der Waals surface area contributed by atoms with E-state index in [2.05, 4.69) is 15.9 Å². The number of aliphatic carboxylic acids is 2. The first-order valence-electron chi connectivity index (χ1n) is 1.19. The second-order valence-electron chi connectivity index (χ2n) is 0.575. The van der Waals surface area contributed by atoms with Crippen LogP contribution in [0.25, 0.3) is 0 Å². The van der Waals surface area contributed by atoms with Crippen molar-refractivity contribution in [3.63, 3.8) is 0 Å². The summed E-state index contributed by atoms with van der Waals surface area (Å²) in [5, 5.41) is 17.9. The molecule has 9 heavy (non-hydrogen) atoms. The maximum absolute atomic E-state index is 8.93. The van der Waals surface area contributed by atoms with Gasteiger partial charge in [-0.15, -0.1) is 0 Å². The van der Waals surface area contributed by atoms with Crippen molar-refractivity contribution < 1.29 is 56.7 Å². The van der Waals surface area contributed by atoms with E-state index >= 15 is 0 Å². The van der Waals surface area contributed by atoms with Crippen LogP contribution in [0.1, 0.15) is 0 Å². The Hall–Kier alpha value is -0.221. The van der Waals surface area contributed by atoms with E-state index in [0.29, 0.717) is 0 Å². The molecule has 0 amide bonds. The van der Waals surface area contributed by atoms with Crippen LogP contribution in [-0.4, -0.2) is 11.9 Å². The van der Waals surface area contributed by atoms with Gasteiger partial charge in [0.25, 0.3) is 0 Å². The number of hydrogen-bond donors (Lipinski definition) is 0. The van der Waals surface area contributed by atoms with Crippen molar-refractivity contribution in [1.29, 1.82) is 0 Å². The molecule has 0 spiro atoms. The molecule has 0 aliphatic carbocycles. The number of carbonyl (C=O) groups is 2. The van der Waals surface area contributed by atoms with Crippen LogP contribution in [0.4, 0.5) is 0 Å². The van der Waals surface area contributed by atoms with Crippen molar-refractivity contribution in [1.82, 2.24) is 0 Å². The van der Waals surface area contributed by atoms with Crippen LogP contribution in [-0.2, 0) is 46.4 Å². The average molecular weight is 231 g/mol. The van der Waals surface area contributed by atoms with Gasteiger partial charge in [0.15, 0.2) is 0 Å². The topological polar surface area (TPSA) is 97.3 Å². The zero-order valence-corrected chi connectivity index (χ0v) is 5.53. The number of carboxylic acid groups (broad SMARTS) is 2. The third-order valence-corrected chi connectivity index (χ3v) is 0.167. The van der Waals surface area contributed by atoms with Crippen LogP contribution in [0.3, 0.4) is 0 Å². The number of hydrogen-bond acceptors (Lipinski definition) is 5. The summed E-state index contributed by atoms with van der Waals surface area (Å²) in [5.41, 5.74) is 0. The first-order chi connectivity index (χ1) is 3.64. The maximum atomic E-state index is 8.93. The summed E-state index contributed by atoms with van der Waals surface area (Å²) in [6, 6.07) is 0. The molecule has 0 saturated carbocycles. The minimum atomic E-state index is -2.19. The SMILES string of the molecule is O=C([O-])C(=O)[O-].[Cu+2].[O]=[Cu]. The molecule has 5 nitrogen and oxygen atoms in total. The molecule has 0 saturated heterocycles. The first kappa shape index (κ1) is 15.9. The van der Waals surface area contributed by atoms with Gasteiger partial charge in [-0.25, -0.2) is 0 Å². The summed E-state index contributed by atoms with van der Waals surface area (Å²) in [6.45, 7) is 0. The molecule has 0 unspecified atom stereocenters. The molecule has 0 aromatic carbocycles. The Kier molecular flexibility index (Phi) is 18.9. The normalized spacial score (nSPS) is 5.56. The fourth-order valence-electron chi connectivity index (χ4n) is 0. The molecule has 1 radical (unpaired) electrons. The molecule has 0 aliphatic rings. The van der Waals surface area contributed by atoms with E-state index < -0.39 is 11.9 Å². The second-order valence-corrected chi connectivity index (χ2v) is 0.575. The molecule has 7 heteroatoms. The van der Waals surface area contributed by atoms with Gasteiger partial charge in [0.1, 0.15) is 0 Å². The summed E-state index contributed by atoms with van der Waals surface area (Å²) >= 11 is 2.94. The third-order valence-electron chi connectivity index (χ3n) is 0.167. The predicted octanol–water partition coefficient (Wildman–Crippen LogP) is -3.64. The molecule has 0 heterocycles. The average Bonchev–Trinajstić information content (AvgIpc) is 1.72. The van der Waals surface area contributed by atoms with Crippen molar-refractivity contribution in [3.8, 4) is 0 Å². The van der Waals surface area contributed by atoms with E-state index in [9.17, 15) is 0 Å². The fourth-order valence-corrected chi connectivity index (χ4v) is 0. The fraction of sp³-hybridized carbons (Fsp3) is 0. The number of rotatable bonds is 0. The standard InChI is InChI=1S/C2H2O4.2Cu.O/c3-1(4)2(5)6;;;/h(H,3,4)(H,5,6);;;/q;;+2;/p-2. The van der Waals surface area contributed by atoms with E-state index in [1.54, 1.807) is 0 Å². The van der Waals surface area contributed by atoms with Gasteiger partial charge in [-0.3, -0.25) is 0 Å². The summed E-state index contributed by atoms with van der Waals surface area (Å²) in [5.74, 6) is -4.37. The molecule has 0 fully saturated rings. The van der Waals surface area contributed by atoms with E-state index in [4.69, 9.17) is 23.6 Å². The van der Waals surface area contributed by atoms with Crippen molar-refractivity contribution >= 4 is 11.9 Å². The summed E-state index contributed by atoms with van der Waals surface area (Å²) < 4.78 is 7.81. The Balaban J connectivity index is -0.000000109. The molecule has 60 valence electrons. The van der Waals surface area contributed by atoms with Gasteiger partial charge in [0, 0.05) is 0 Å². The van der Waals surface area contributed by atoms with Gasteiger partial charge in [0.05, 0.1) is 11.9 Å². The van der Waals surface area contributed by atoms with E-state index in [1.807, 2.05) is 0 Å². The van der Waals surface area contributed by atoms with E-state index in [1.165, 1.54) is 0 Å². The Labute approximate surface area is 68.9 Å². The third kappa shape index (κ3) is 18.2. The molecular formula is C2Cu2O5. The van der Waals surface area contributed by atoms with Gasteiger partial charge in [-0.1, -0.05) is 0 Å². The summed E-state index contributed by atoms with van der Waals surface area (Å²) in [7, 11) is 0. The van der Waals surface area contributed by atoms with Crippen molar-refractivity contribution in [2.75, 3.05) is 0 Å². The molecule has 0 aromatic rings. The Morgan fingerprint density at radius 3 is 1.11 bits per heavy atom. The second kappa shape index (κ2) is 10.7. The van der Waals surface area contributed by atoms with Gasteiger partial charge in [0.2, 0.25) is 0 Å². The van der Waals surface area contributed by atoms with Crippen molar-refractivity contribution in [2.45, 2.75) is 0 Å². The van der Waals surface area contributed by atoms with Crippen LogP contribution in [0, 0.1) is 0 Å². The van der Waals surface area contributed by atoms with Crippen LogP contribution >= 0.6 is 0 Å². The van der Waals surface area contributed by atoms with Crippen LogP contribution in [0.2, 0.25) is 0 Å². The molecule has 0 aliphatic heterocycles. The number of carbonyl (C=O) groups excluding carboxylic acids is 2.